The average Bonchev–Trinajstić information content (AvgIpc) is 3.66. The second kappa shape index (κ2) is 17.0. The standard InChI is InChI=1S/C23H29FN2O4.C15H16FNO2S/c1-15-10-19(16(2)29-15)13-26(12-18-4-5-20(28-3)11-21(18)24)23(27)30-22-14-25-8-6-17(22)7-9-25;1-11-7-9-20-14(11)10-17(15(18)19)8-6-12-2-4-13(16)5-3-12/h4-5,10-11,17,22H,6-9,12-14H2,1-3H3;2-5,7,9H,6,8,10H2,1H3,(H,18,19)/t22-;/m0./s1. The molecule has 5 heterocycles. The molecular formula is C38H45F2N3O6S. The first-order valence-corrected chi connectivity index (χ1v) is 17.7. The molecule has 0 radical (unpaired) electrons. The third-order valence-electron chi connectivity index (χ3n) is 9.39. The van der Waals surface area contributed by atoms with Crippen LogP contribution in [0.5, 0.6) is 5.75 Å². The van der Waals surface area contributed by atoms with E-state index < -0.39 is 18.0 Å². The normalized spacial score (nSPS) is 17.8. The van der Waals surface area contributed by atoms with Crippen molar-refractivity contribution in [2.45, 2.75) is 65.8 Å². The number of ether oxygens (including phenoxy) is 2. The van der Waals surface area contributed by atoms with Gasteiger partial charge in [-0.2, -0.15) is 0 Å². The number of carbonyl (C=O) groups excluding carboxylic acids is 1. The van der Waals surface area contributed by atoms with Crippen LogP contribution in [0.3, 0.4) is 0 Å². The number of halogens is 2. The highest BCUT2D eigenvalue weighted by atomic mass is 32.1. The Morgan fingerprint density at radius 3 is 2.24 bits per heavy atom. The lowest BCUT2D eigenvalue weighted by Gasteiger charge is -2.44. The average molecular weight is 710 g/mol. The smallest absolute Gasteiger partial charge is 0.410 e. The maximum absolute atomic E-state index is 14.6. The van der Waals surface area contributed by atoms with E-state index in [9.17, 15) is 23.5 Å². The third kappa shape index (κ3) is 9.85. The van der Waals surface area contributed by atoms with Gasteiger partial charge < -0.3 is 23.9 Å². The minimum atomic E-state index is -0.931. The summed E-state index contributed by atoms with van der Waals surface area (Å²) in [6.45, 7) is 9.87. The number of benzene rings is 2. The van der Waals surface area contributed by atoms with E-state index in [0.29, 0.717) is 43.3 Å². The molecule has 0 aliphatic carbocycles. The van der Waals surface area contributed by atoms with Gasteiger partial charge in [-0.15, -0.1) is 11.3 Å². The molecule has 7 rings (SSSR count). The molecule has 2 aromatic carbocycles. The molecule has 268 valence electrons. The van der Waals surface area contributed by atoms with Crippen LogP contribution in [0.25, 0.3) is 0 Å². The number of hydrogen-bond donors (Lipinski definition) is 1. The summed E-state index contributed by atoms with van der Waals surface area (Å²) in [5, 5.41) is 11.2. The molecule has 3 fully saturated rings. The van der Waals surface area contributed by atoms with Crippen LogP contribution in [-0.2, 0) is 30.8 Å². The largest absolute Gasteiger partial charge is 0.497 e. The Morgan fingerprint density at radius 1 is 0.960 bits per heavy atom. The molecule has 3 aliphatic heterocycles. The van der Waals surface area contributed by atoms with Crippen LogP contribution in [-0.4, -0.2) is 71.4 Å². The molecule has 12 heteroatoms. The summed E-state index contributed by atoms with van der Waals surface area (Å²) in [6, 6.07) is 14.7. The van der Waals surface area contributed by atoms with Gasteiger partial charge in [-0.25, -0.2) is 18.4 Å². The first-order valence-electron chi connectivity index (χ1n) is 16.8. The van der Waals surface area contributed by atoms with Crippen molar-refractivity contribution in [1.82, 2.24) is 14.7 Å². The van der Waals surface area contributed by atoms with Crippen LogP contribution in [0.15, 0.2) is 64.4 Å². The van der Waals surface area contributed by atoms with Crippen LogP contribution in [0.1, 0.15) is 51.5 Å². The summed E-state index contributed by atoms with van der Waals surface area (Å²) >= 11 is 1.56. The Kier molecular flexibility index (Phi) is 12.5. The van der Waals surface area contributed by atoms with Gasteiger partial charge in [0, 0.05) is 35.2 Å². The maximum Gasteiger partial charge on any atom is 0.410 e. The van der Waals surface area contributed by atoms with Crippen LogP contribution < -0.4 is 4.74 Å². The van der Waals surface area contributed by atoms with Crippen molar-refractivity contribution < 1.29 is 37.4 Å². The molecule has 3 aliphatic rings. The summed E-state index contributed by atoms with van der Waals surface area (Å²) in [7, 11) is 1.50. The van der Waals surface area contributed by atoms with Gasteiger partial charge in [0.1, 0.15) is 35.0 Å². The molecule has 0 spiro atoms. The number of fused-ring (bicyclic) bond motifs is 3. The van der Waals surface area contributed by atoms with Gasteiger partial charge in [-0.3, -0.25) is 9.80 Å². The van der Waals surface area contributed by atoms with E-state index in [1.807, 2.05) is 38.3 Å². The van der Waals surface area contributed by atoms with Gasteiger partial charge >= 0.3 is 12.2 Å². The summed E-state index contributed by atoms with van der Waals surface area (Å²) in [5.41, 5.74) is 3.36. The highest BCUT2D eigenvalue weighted by Crippen LogP contribution is 2.31. The van der Waals surface area contributed by atoms with E-state index in [1.54, 1.807) is 40.5 Å². The first-order chi connectivity index (χ1) is 24.0. The lowest BCUT2D eigenvalue weighted by molar-refractivity contribution is -0.0450. The minimum absolute atomic E-state index is 0.101. The SMILES string of the molecule is COc1ccc(CN(Cc2cc(C)oc2C)C(=O)O[C@H]2CN3CCC2CC3)c(F)c1.Cc1ccsc1CN(CCc1ccc(F)cc1)C(=O)O. The van der Waals surface area contributed by atoms with Crippen molar-refractivity contribution in [3.63, 3.8) is 0 Å². The third-order valence-corrected chi connectivity index (χ3v) is 10.4. The summed E-state index contributed by atoms with van der Waals surface area (Å²) in [5.74, 6) is 1.70. The zero-order valence-electron chi connectivity index (χ0n) is 29.0. The molecule has 1 atom stereocenters. The quantitative estimate of drug-likeness (QED) is 0.168. The maximum atomic E-state index is 14.6. The lowest BCUT2D eigenvalue weighted by Crippen LogP contribution is -2.52. The molecule has 1 N–H and O–H groups in total. The van der Waals surface area contributed by atoms with Crippen molar-refractivity contribution in [3.05, 3.63) is 110 Å². The number of thiophene rings is 1. The van der Waals surface area contributed by atoms with Gasteiger partial charge in [0.05, 0.1) is 26.7 Å². The Morgan fingerprint density at radius 2 is 1.68 bits per heavy atom. The molecule has 2 bridgehead atoms. The van der Waals surface area contributed by atoms with Crippen molar-refractivity contribution in [1.29, 1.82) is 0 Å². The van der Waals surface area contributed by atoms with Crippen LogP contribution in [0, 0.1) is 38.3 Å². The minimum Gasteiger partial charge on any atom is -0.497 e. The van der Waals surface area contributed by atoms with E-state index in [4.69, 9.17) is 13.9 Å². The number of amides is 2. The van der Waals surface area contributed by atoms with Crippen LogP contribution in [0.2, 0.25) is 0 Å². The van der Waals surface area contributed by atoms with E-state index in [1.165, 1.54) is 30.2 Å². The second-order valence-electron chi connectivity index (χ2n) is 12.9. The van der Waals surface area contributed by atoms with Crippen LogP contribution in [0.4, 0.5) is 18.4 Å². The predicted molar refractivity (Wildman–Crippen MR) is 187 cm³/mol. The van der Waals surface area contributed by atoms with Crippen LogP contribution >= 0.6 is 11.3 Å². The Bertz CT molecular complexity index is 1730. The monoisotopic (exact) mass is 709 g/mol. The Labute approximate surface area is 296 Å². The molecular weight excluding hydrogens is 664 g/mol. The number of piperidine rings is 3. The summed E-state index contributed by atoms with van der Waals surface area (Å²) in [6.07, 6.45) is 1.25. The molecule has 9 nitrogen and oxygen atoms in total. The Hall–Kier alpha value is -4.42. The fraction of sp³-hybridized carbons (Fsp3) is 0.421. The van der Waals surface area contributed by atoms with Gasteiger partial charge in [0.25, 0.3) is 0 Å². The topological polar surface area (TPSA) is 95.7 Å². The highest BCUT2D eigenvalue weighted by molar-refractivity contribution is 7.10. The number of carboxylic acid groups (broad SMARTS) is 1. The number of rotatable bonds is 11. The Balaban J connectivity index is 0.000000211. The number of carbonyl (C=O) groups is 2. The van der Waals surface area contributed by atoms with Crippen molar-refractivity contribution in [3.8, 4) is 5.75 Å². The number of methoxy groups -OCH3 is 1. The number of nitrogens with zero attached hydrogens (tertiary/aromatic N) is 3. The fourth-order valence-electron chi connectivity index (χ4n) is 6.37. The zero-order valence-corrected chi connectivity index (χ0v) is 29.8. The van der Waals surface area contributed by atoms with Gasteiger partial charge in [-0.1, -0.05) is 18.2 Å². The second-order valence-corrected chi connectivity index (χ2v) is 13.9. The number of furan rings is 1. The predicted octanol–water partition coefficient (Wildman–Crippen LogP) is 8.20. The molecule has 0 unspecified atom stereocenters. The van der Waals surface area contributed by atoms with Gasteiger partial charge in [-0.05, 0) is 106 Å². The zero-order chi connectivity index (χ0) is 35.8. The molecule has 3 saturated heterocycles. The molecule has 50 heavy (non-hydrogen) atoms. The summed E-state index contributed by atoms with van der Waals surface area (Å²) in [4.78, 5) is 30.8. The van der Waals surface area contributed by atoms with Gasteiger partial charge in [0.15, 0.2) is 0 Å². The number of hydrogen-bond acceptors (Lipinski definition) is 7. The van der Waals surface area contributed by atoms with Crippen molar-refractivity contribution in [2.75, 3.05) is 33.3 Å². The first kappa shape index (κ1) is 36.9. The molecule has 0 saturated carbocycles. The molecule has 2 amide bonds. The van der Waals surface area contributed by atoms with E-state index in [0.717, 1.165) is 65.6 Å². The lowest BCUT2D eigenvalue weighted by atomic mass is 9.86. The highest BCUT2D eigenvalue weighted by Gasteiger charge is 2.37. The van der Waals surface area contributed by atoms with E-state index in [2.05, 4.69) is 4.90 Å². The summed E-state index contributed by atoms with van der Waals surface area (Å²) < 4.78 is 44.0. The van der Waals surface area contributed by atoms with E-state index >= 15 is 0 Å². The van der Waals surface area contributed by atoms with E-state index in [-0.39, 0.29) is 18.5 Å². The number of aryl methyl sites for hydroxylation is 3. The fourth-order valence-corrected chi connectivity index (χ4v) is 7.29. The van der Waals surface area contributed by atoms with Crippen molar-refractivity contribution >= 4 is 23.5 Å². The molecule has 4 aromatic rings. The van der Waals surface area contributed by atoms with Gasteiger partial charge in [0.2, 0.25) is 0 Å². The molecule has 2 aromatic heterocycles. The van der Waals surface area contributed by atoms with Crippen molar-refractivity contribution in [2.24, 2.45) is 5.92 Å².